The second-order valence-electron chi connectivity index (χ2n) is 9.34. The number of carbonyl (C=O) groups is 3. The Morgan fingerprint density at radius 2 is 1.49 bits per heavy atom. The van der Waals surface area contributed by atoms with E-state index in [2.05, 4.69) is 22.2 Å². The van der Waals surface area contributed by atoms with Crippen molar-refractivity contribution < 1.29 is 33.4 Å². The second kappa shape index (κ2) is 12.0. The Hall–Kier alpha value is -4.37. The number of likely N-dealkylation sites (N-methyl/N-ethyl adjacent to an activating group) is 1. The summed E-state index contributed by atoms with van der Waals surface area (Å²) >= 11 is 0. The van der Waals surface area contributed by atoms with Crippen LogP contribution in [0.4, 0.5) is 9.59 Å². The van der Waals surface area contributed by atoms with Gasteiger partial charge in [-0.25, -0.2) is 14.7 Å². The number of carbonyl (C=O) groups excluding carboxylic acids is 3. The fourth-order valence-corrected chi connectivity index (χ4v) is 4.97. The molecule has 0 bridgehead atoms. The molecule has 9 nitrogen and oxygen atoms in total. The number of fused-ring (bicyclic) bond motifs is 3. The number of benzene rings is 3. The second-order valence-corrected chi connectivity index (χ2v) is 9.34. The predicted molar refractivity (Wildman–Crippen MR) is 144 cm³/mol. The van der Waals surface area contributed by atoms with E-state index in [1.165, 1.54) is 21.3 Å². The molecule has 0 saturated carbocycles. The van der Waals surface area contributed by atoms with Crippen LogP contribution in [0.15, 0.2) is 60.7 Å². The summed E-state index contributed by atoms with van der Waals surface area (Å²) in [4.78, 5) is 42.7. The van der Waals surface area contributed by atoms with Gasteiger partial charge in [0.25, 0.3) is 5.91 Å². The number of methoxy groups -OCH3 is 1. The summed E-state index contributed by atoms with van der Waals surface area (Å²) in [5.41, 5.74) is 6.82. The standard InChI is InChI=1S/C30H32N2O7/c1-18-14-20(39-30(35)36-4)15-19(2)25(18)16-27(28(33)32(3)37-5)31-29(34)38-17-26-23-12-8-6-10-21(23)22-11-7-9-13-24(22)26/h6-15,26-27H,16-17H2,1-5H3,(H,31,34)/t27-/m0/s1. The molecule has 0 aromatic heterocycles. The van der Waals surface area contributed by atoms with Crippen molar-refractivity contribution in [2.45, 2.75) is 32.2 Å². The van der Waals surface area contributed by atoms with Gasteiger partial charge in [0.15, 0.2) is 0 Å². The molecule has 0 aliphatic heterocycles. The third-order valence-electron chi connectivity index (χ3n) is 6.96. The summed E-state index contributed by atoms with van der Waals surface area (Å²) in [6.07, 6.45) is -1.36. The molecule has 9 heteroatoms. The van der Waals surface area contributed by atoms with Gasteiger partial charge < -0.3 is 19.5 Å². The van der Waals surface area contributed by atoms with Gasteiger partial charge in [0, 0.05) is 19.4 Å². The van der Waals surface area contributed by atoms with Gasteiger partial charge in [-0.3, -0.25) is 9.63 Å². The van der Waals surface area contributed by atoms with Gasteiger partial charge in [0.05, 0.1) is 14.2 Å². The highest BCUT2D eigenvalue weighted by molar-refractivity contribution is 5.85. The first kappa shape index (κ1) is 27.7. The quantitative estimate of drug-likeness (QED) is 0.250. The van der Waals surface area contributed by atoms with Crippen LogP contribution in [-0.4, -0.2) is 57.1 Å². The lowest BCUT2D eigenvalue weighted by molar-refractivity contribution is -0.170. The number of nitrogens with one attached hydrogen (secondary N) is 1. The maximum absolute atomic E-state index is 13.1. The minimum atomic E-state index is -0.963. The Morgan fingerprint density at radius 1 is 0.923 bits per heavy atom. The topological polar surface area (TPSA) is 103 Å². The van der Waals surface area contributed by atoms with Gasteiger partial charge in [-0.1, -0.05) is 48.5 Å². The first-order chi connectivity index (χ1) is 18.7. The number of nitrogens with zero attached hydrogens (tertiary/aromatic N) is 1. The van der Waals surface area contributed by atoms with Crippen LogP contribution >= 0.6 is 0 Å². The molecule has 0 radical (unpaired) electrons. The van der Waals surface area contributed by atoms with E-state index in [1.54, 1.807) is 12.1 Å². The van der Waals surface area contributed by atoms with Crippen molar-refractivity contribution in [3.63, 3.8) is 0 Å². The van der Waals surface area contributed by atoms with Crippen LogP contribution in [-0.2, 0) is 25.5 Å². The average Bonchev–Trinajstić information content (AvgIpc) is 3.25. The Labute approximate surface area is 227 Å². The highest BCUT2D eigenvalue weighted by atomic mass is 16.7. The molecule has 0 saturated heterocycles. The molecule has 4 rings (SSSR count). The molecule has 0 spiro atoms. The average molecular weight is 533 g/mol. The van der Waals surface area contributed by atoms with Crippen molar-refractivity contribution in [3.8, 4) is 16.9 Å². The van der Waals surface area contributed by atoms with Crippen LogP contribution in [0.25, 0.3) is 11.1 Å². The summed E-state index contributed by atoms with van der Waals surface area (Å²) in [5.74, 6) is -0.229. The monoisotopic (exact) mass is 532 g/mol. The van der Waals surface area contributed by atoms with E-state index in [0.29, 0.717) is 5.75 Å². The molecule has 0 unspecified atom stereocenters. The highest BCUT2D eigenvalue weighted by Crippen LogP contribution is 2.44. The van der Waals surface area contributed by atoms with Crippen LogP contribution in [0.1, 0.15) is 33.7 Å². The largest absolute Gasteiger partial charge is 0.513 e. The van der Waals surface area contributed by atoms with Crippen LogP contribution in [0.3, 0.4) is 0 Å². The third-order valence-corrected chi connectivity index (χ3v) is 6.96. The molecule has 2 amide bonds. The zero-order valence-corrected chi connectivity index (χ0v) is 22.6. The normalized spacial score (nSPS) is 12.6. The van der Waals surface area contributed by atoms with Crippen LogP contribution < -0.4 is 10.1 Å². The van der Waals surface area contributed by atoms with E-state index < -0.39 is 24.2 Å². The molecule has 39 heavy (non-hydrogen) atoms. The molecule has 0 heterocycles. The number of hydroxylamine groups is 2. The summed E-state index contributed by atoms with van der Waals surface area (Å²) < 4.78 is 15.4. The molecule has 3 aromatic carbocycles. The Morgan fingerprint density at radius 3 is 2.03 bits per heavy atom. The van der Waals surface area contributed by atoms with Crippen molar-refractivity contribution >= 4 is 18.2 Å². The molecule has 1 aliphatic carbocycles. The van der Waals surface area contributed by atoms with Crippen molar-refractivity contribution in [1.82, 2.24) is 10.4 Å². The molecule has 1 aliphatic rings. The molecule has 1 atom stereocenters. The van der Waals surface area contributed by atoms with Crippen molar-refractivity contribution in [2.24, 2.45) is 0 Å². The molecule has 1 N–H and O–H groups in total. The highest BCUT2D eigenvalue weighted by Gasteiger charge is 2.31. The van der Waals surface area contributed by atoms with Gasteiger partial charge >= 0.3 is 12.2 Å². The van der Waals surface area contributed by atoms with Gasteiger partial charge in [0.1, 0.15) is 18.4 Å². The summed E-state index contributed by atoms with van der Waals surface area (Å²) in [6, 6.07) is 18.5. The number of hydrogen-bond acceptors (Lipinski definition) is 7. The van der Waals surface area contributed by atoms with Crippen molar-refractivity contribution in [1.29, 1.82) is 0 Å². The lowest BCUT2D eigenvalue weighted by Gasteiger charge is -2.24. The van der Waals surface area contributed by atoms with E-state index >= 15 is 0 Å². The molecule has 0 fully saturated rings. The maximum atomic E-state index is 13.1. The van der Waals surface area contributed by atoms with Gasteiger partial charge in [-0.15, -0.1) is 0 Å². The summed E-state index contributed by atoms with van der Waals surface area (Å²) in [7, 11) is 4.08. The smallest absolute Gasteiger partial charge is 0.449 e. The van der Waals surface area contributed by atoms with Crippen molar-refractivity contribution in [2.75, 3.05) is 27.9 Å². The summed E-state index contributed by atoms with van der Waals surface area (Å²) in [6.45, 7) is 3.79. The molecule has 3 aromatic rings. The molecular formula is C30H32N2O7. The van der Waals surface area contributed by atoms with E-state index in [4.69, 9.17) is 14.3 Å². The first-order valence-corrected chi connectivity index (χ1v) is 12.5. The Bertz CT molecular complexity index is 1320. The van der Waals surface area contributed by atoms with Crippen molar-refractivity contribution in [3.05, 3.63) is 88.5 Å². The number of amides is 2. The minimum absolute atomic E-state index is 0.106. The predicted octanol–water partition coefficient (Wildman–Crippen LogP) is 4.92. The SMILES string of the molecule is COC(=O)Oc1cc(C)c(C[C@H](NC(=O)OCC2c3ccccc3-c3ccccc32)C(=O)N(C)OC)c(C)c1. The van der Waals surface area contributed by atoms with E-state index in [9.17, 15) is 14.4 Å². The zero-order chi connectivity index (χ0) is 28.1. The Kier molecular flexibility index (Phi) is 8.51. The maximum Gasteiger partial charge on any atom is 0.513 e. The number of hydrogen-bond donors (Lipinski definition) is 1. The van der Waals surface area contributed by atoms with Gasteiger partial charge in [-0.2, -0.15) is 0 Å². The van der Waals surface area contributed by atoms with Crippen LogP contribution in [0.2, 0.25) is 0 Å². The van der Waals surface area contributed by atoms with Gasteiger partial charge in [-0.05, 0) is 64.9 Å². The number of rotatable bonds is 8. The third kappa shape index (κ3) is 6.04. The van der Waals surface area contributed by atoms with Gasteiger partial charge in [0.2, 0.25) is 0 Å². The fourth-order valence-electron chi connectivity index (χ4n) is 4.97. The number of ether oxygens (including phenoxy) is 3. The van der Waals surface area contributed by atoms with E-state index in [0.717, 1.165) is 44.0 Å². The Balaban J connectivity index is 1.50. The number of alkyl carbamates (subject to hydrolysis) is 1. The molecule has 204 valence electrons. The first-order valence-electron chi connectivity index (χ1n) is 12.5. The lowest BCUT2D eigenvalue weighted by atomic mass is 9.95. The van der Waals surface area contributed by atoms with E-state index in [1.807, 2.05) is 50.2 Å². The number of aryl methyl sites for hydroxylation is 2. The molecular weight excluding hydrogens is 500 g/mol. The summed E-state index contributed by atoms with van der Waals surface area (Å²) in [5, 5.41) is 3.79. The zero-order valence-electron chi connectivity index (χ0n) is 22.6. The fraction of sp³-hybridized carbons (Fsp3) is 0.300. The van der Waals surface area contributed by atoms with E-state index in [-0.39, 0.29) is 18.9 Å². The van der Waals surface area contributed by atoms with Crippen LogP contribution in [0, 0.1) is 13.8 Å². The minimum Gasteiger partial charge on any atom is -0.449 e. The lowest BCUT2D eigenvalue weighted by Crippen LogP contribution is -2.48. The van der Waals surface area contributed by atoms with Crippen LogP contribution in [0.5, 0.6) is 5.75 Å².